The van der Waals surface area contributed by atoms with Crippen LogP contribution in [0.15, 0.2) is 28.7 Å². The molecular formula is C14H19N3O2. The summed E-state index contributed by atoms with van der Waals surface area (Å²) in [7, 11) is 0. The first-order chi connectivity index (χ1) is 9.19. The molecule has 5 nitrogen and oxygen atoms in total. The lowest BCUT2D eigenvalue weighted by Crippen LogP contribution is -2.08. The molecule has 2 N–H and O–H groups in total. The predicted molar refractivity (Wildman–Crippen MR) is 71.9 cm³/mol. The zero-order valence-electron chi connectivity index (χ0n) is 11.3. The number of hydrogen-bond acceptors (Lipinski definition) is 5. The van der Waals surface area contributed by atoms with Gasteiger partial charge in [0.05, 0.1) is 19.1 Å². The van der Waals surface area contributed by atoms with Gasteiger partial charge in [-0.25, -0.2) is 0 Å². The van der Waals surface area contributed by atoms with Crippen LogP contribution >= 0.6 is 0 Å². The molecule has 0 amide bonds. The van der Waals surface area contributed by atoms with Crippen LogP contribution in [0.1, 0.15) is 36.7 Å². The molecule has 1 unspecified atom stereocenters. The van der Waals surface area contributed by atoms with Gasteiger partial charge in [-0.3, -0.25) is 0 Å². The summed E-state index contributed by atoms with van der Waals surface area (Å²) in [6.45, 7) is 4.52. The number of nitrogens with two attached hydrogens (primary N) is 1. The molecule has 0 saturated heterocycles. The van der Waals surface area contributed by atoms with Crippen molar-refractivity contribution in [1.82, 2.24) is 10.2 Å². The fraction of sp³-hybridized carbons (Fsp3) is 0.429. The van der Waals surface area contributed by atoms with Gasteiger partial charge in [-0.05, 0) is 31.0 Å². The summed E-state index contributed by atoms with van der Waals surface area (Å²) < 4.78 is 11.1. The summed E-state index contributed by atoms with van der Waals surface area (Å²) in [5.41, 5.74) is 6.99. The van der Waals surface area contributed by atoms with Gasteiger partial charge >= 0.3 is 0 Å². The van der Waals surface area contributed by atoms with E-state index in [0.717, 1.165) is 12.2 Å². The van der Waals surface area contributed by atoms with Crippen molar-refractivity contribution in [1.29, 1.82) is 0 Å². The molecule has 2 rings (SSSR count). The van der Waals surface area contributed by atoms with E-state index < -0.39 is 0 Å². The molecule has 5 heteroatoms. The molecule has 0 bridgehead atoms. The third-order valence-corrected chi connectivity index (χ3v) is 2.81. The molecule has 102 valence electrons. The van der Waals surface area contributed by atoms with Crippen LogP contribution in [0.5, 0.6) is 5.75 Å². The molecule has 0 aliphatic carbocycles. The number of benzene rings is 1. The van der Waals surface area contributed by atoms with E-state index in [9.17, 15) is 0 Å². The lowest BCUT2D eigenvalue weighted by molar-refractivity contribution is 0.301. The Labute approximate surface area is 112 Å². The van der Waals surface area contributed by atoms with Crippen LogP contribution in [0.4, 0.5) is 0 Å². The van der Waals surface area contributed by atoms with Gasteiger partial charge in [-0.2, -0.15) is 0 Å². The molecule has 0 saturated carbocycles. The molecule has 0 aliphatic rings. The van der Waals surface area contributed by atoms with E-state index in [-0.39, 0.29) is 6.04 Å². The second-order valence-corrected chi connectivity index (χ2v) is 4.46. The molecule has 0 aliphatic heterocycles. The average molecular weight is 261 g/mol. The number of rotatable bonds is 6. The van der Waals surface area contributed by atoms with Gasteiger partial charge in [-0.1, -0.05) is 19.1 Å². The van der Waals surface area contributed by atoms with Crippen molar-refractivity contribution in [2.24, 2.45) is 5.73 Å². The zero-order chi connectivity index (χ0) is 13.7. The van der Waals surface area contributed by atoms with Crippen LogP contribution in [0, 0.1) is 6.92 Å². The van der Waals surface area contributed by atoms with Crippen molar-refractivity contribution in [2.75, 3.05) is 6.61 Å². The van der Waals surface area contributed by atoms with Crippen molar-refractivity contribution in [3.63, 3.8) is 0 Å². The van der Waals surface area contributed by atoms with Crippen LogP contribution in [0.3, 0.4) is 0 Å². The molecule has 0 spiro atoms. The Morgan fingerprint density at radius 3 is 2.95 bits per heavy atom. The molecule has 19 heavy (non-hydrogen) atoms. The smallest absolute Gasteiger partial charge is 0.233 e. The minimum atomic E-state index is -0.182. The maximum absolute atomic E-state index is 5.82. The van der Waals surface area contributed by atoms with Gasteiger partial charge in [0, 0.05) is 0 Å². The standard InChI is InChI=1S/C14H19N3O2/c1-3-12(15)14-17-16-13(19-14)7-8-18-11-6-4-5-10(2)9-11/h4-6,9,12H,3,7-8,15H2,1-2H3. The normalized spacial score (nSPS) is 12.4. The van der Waals surface area contributed by atoms with Gasteiger partial charge in [0.15, 0.2) is 0 Å². The van der Waals surface area contributed by atoms with Crippen LogP contribution in [0.25, 0.3) is 0 Å². The van der Waals surface area contributed by atoms with E-state index in [0.29, 0.717) is 24.8 Å². The second kappa shape index (κ2) is 6.33. The minimum absolute atomic E-state index is 0.182. The summed E-state index contributed by atoms with van der Waals surface area (Å²) in [6, 6.07) is 7.74. The first-order valence-electron chi connectivity index (χ1n) is 6.46. The summed E-state index contributed by atoms with van der Waals surface area (Å²) in [5, 5.41) is 7.89. The van der Waals surface area contributed by atoms with E-state index in [4.69, 9.17) is 14.9 Å². The monoisotopic (exact) mass is 261 g/mol. The fourth-order valence-corrected chi connectivity index (χ4v) is 1.65. The molecule has 2 aromatic rings. The van der Waals surface area contributed by atoms with Crippen molar-refractivity contribution < 1.29 is 9.15 Å². The molecule has 1 aromatic heterocycles. The molecule has 1 atom stereocenters. The van der Waals surface area contributed by atoms with E-state index in [1.807, 2.05) is 38.1 Å². The average Bonchev–Trinajstić information content (AvgIpc) is 2.87. The highest BCUT2D eigenvalue weighted by molar-refractivity contribution is 5.27. The van der Waals surface area contributed by atoms with Crippen LogP contribution in [-0.2, 0) is 6.42 Å². The topological polar surface area (TPSA) is 74.2 Å². The van der Waals surface area contributed by atoms with Crippen molar-refractivity contribution >= 4 is 0 Å². The quantitative estimate of drug-likeness (QED) is 0.864. The van der Waals surface area contributed by atoms with Crippen LogP contribution in [-0.4, -0.2) is 16.8 Å². The first-order valence-corrected chi connectivity index (χ1v) is 6.46. The summed E-state index contributed by atoms with van der Waals surface area (Å²) in [4.78, 5) is 0. The van der Waals surface area contributed by atoms with Gasteiger partial charge < -0.3 is 14.9 Å². The lowest BCUT2D eigenvalue weighted by Gasteiger charge is -2.05. The lowest BCUT2D eigenvalue weighted by atomic mass is 10.2. The summed E-state index contributed by atoms with van der Waals surface area (Å²) >= 11 is 0. The van der Waals surface area contributed by atoms with E-state index >= 15 is 0 Å². The predicted octanol–water partition coefficient (Wildman–Crippen LogP) is 2.41. The largest absolute Gasteiger partial charge is 0.493 e. The van der Waals surface area contributed by atoms with Gasteiger partial charge in [-0.15, -0.1) is 10.2 Å². The van der Waals surface area contributed by atoms with Crippen molar-refractivity contribution in [3.05, 3.63) is 41.6 Å². The fourth-order valence-electron chi connectivity index (χ4n) is 1.65. The van der Waals surface area contributed by atoms with Gasteiger partial charge in [0.25, 0.3) is 0 Å². The molecule has 1 heterocycles. The number of nitrogens with zero attached hydrogens (tertiary/aromatic N) is 2. The Kier molecular flexibility index (Phi) is 4.52. The Morgan fingerprint density at radius 1 is 1.37 bits per heavy atom. The number of hydrogen-bond donors (Lipinski definition) is 1. The summed E-state index contributed by atoms with van der Waals surface area (Å²) in [6.07, 6.45) is 1.36. The van der Waals surface area contributed by atoms with E-state index in [1.54, 1.807) is 0 Å². The van der Waals surface area contributed by atoms with Gasteiger partial charge in [0.2, 0.25) is 11.8 Å². The Morgan fingerprint density at radius 2 is 2.21 bits per heavy atom. The Bertz CT molecular complexity index is 525. The highest BCUT2D eigenvalue weighted by Gasteiger charge is 2.12. The maximum atomic E-state index is 5.82. The van der Waals surface area contributed by atoms with E-state index in [2.05, 4.69) is 10.2 Å². The first kappa shape index (κ1) is 13.5. The molecular weight excluding hydrogens is 242 g/mol. The van der Waals surface area contributed by atoms with Crippen molar-refractivity contribution in [3.8, 4) is 5.75 Å². The van der Waals surface area contributed by atoms with Crippen LogP contribution in [0.2, 0.25) is 0 Å². The molecule has 0 radical (unpaired) electrons. The highest BCUT2D eigenvalue weighted by Crippen LogP contribution is 2.14. The zero-order valence-corrected chi connectivity index (χ0v) is 11.3. The maximum Gasteiger partial charge on any atom is 0.233 e. The molecule has 0 fully saturated rings. The Hall–Kier alpha value is -1.88. The third-order valence-electron chi connectivity index (χ3n) is 2.81. The molecule has 1 aromatic carbocycles. The number of aromatic nitrogens is 2. The van der Waals surface area contributed by atoms with Crippen LogP contribution < -0.4 is 10.5 Å². The minimum Gasteiger partial charge on any atom is -0.493 e. The highest BCUT2D eigenvalue weighted by atomic mass is 16.5. The van der Waals surface area contributed by atoms with Crippen molar-refractivity contribution in [2.45, 2.75) is 32.7 Å². The summed E-state index contributed by atoms with van der Waals surface area (Å²) in [5.74, 6) is 1.91. The number of aryl methyl sites for hydroxylation is 1. The second-order valence-electron chi connectivity index (χ2n) is 4.46. The number of ether oxygens (including phenoxy) is 1. The van der Waals surface area contributed by atoms with E-state index in [1.165, 1.54) is 5.56 Å². The third kappa shape index (κ3) is 3.79. The van der Waals surface area contributed by atoms with Gasteiger partial charge in [0.1, 0.15) is 5.75 Å². The Balaban J connectivity index is 1.84. The SMILES string of the molecule is CCC(N)c1nnc(CCOc2cccc(C)c2)o1.